The maximum absolute atomic E-state index is 13.2. The molecule has 2 spiro atoms. The molecule has 2 N–H and O–H groups in total. The first-order valence-electron chi connectivity index (χ1n) is 16.3. The zero-order valence-electron chi connectivity index (χ0n) is 26.1. The largest absolute Gasteiger partial charge is 0.388 e. The number of allylic oxidation sites excluding steroid dienone is 3. The average molecular weight is 605 g/mol. The number of thiol groups is 1. The smallest absolute Gasteiger partial charge is 0.222 e. The molecular formula is C36H48N2O4S. The van der Waals surface area contributed by atoms with Crippen LogP contribution in [0.2, 0.25) is 0 Å². The van der Waals surface area contributed by atoms with E-state index < -0.39 is 28.2 Å². The summed E-state index contributed by atoms with van der Waals surface area (Å²) in [6.45, 7) is 2.52. The SMILES string of the molecule is CN(C(=O)CCC[SH](C)(C)=O)[C@H]1C[C@@]23CC[C@@]4(C2)C(=CC[C@]2(C)[C@@H](c5ccc6ccncc6c5)CC[C@@H]42)C=C3[C@@H](O)[C@@H]1O. The molecule has 1 heterocycles. The third kappa shape index (κ3) is 4.51. The molecule has 2 aromatic rings. The number of hydrogen-bond donors (Lipinski definition) is 3. The summed E-state index contributed by atoms with van der Waals surface area (Å²) in [7, 11) is -0.396. The molecule has 1 aromatic carbocycles. The fourth-order valence-corrected chi connectivity index (χ4v) is 11.5. The predicted molar refractivity (Wildman–Crippen MR) is 173 cm³/mol. The van der Waals surface area contributed by atoms with Crippen LogP contribution < -0.4 is 0 Å². The lowest BCUT2D eigenvalue weighted by molar-refractivity contribution is -0.140. The molecule has 2 bridgehead atoms. The van der Waals surface area contributed by atoms with Crippen LogP contribution in [0.4, 0.5) is 0 Å². The highest BCUT2D eigenvalue weighted by atomic mass is 32.2. The van der Waals surface area contributed by atoms with E-state index in [9.17, 15) is 19.2 Å². The lowest BCUT2D eigenvalue weighted by Crippen LogP contribution is -2.58. The molecular weight excluding hydrogens is 556 g/mol. The number of aromatic nitrogens is 1. The maximum atomic E-state index is 13.2. The number of nitrogens with zero attached hydrogens (tertiary/aromatic N) is 2. The van der Waals surface area contributed by atoms with Gasteiger partial charge in [0.2, 0.25) is 5.91 Å². The third-order valence-corrected chi connectivity index (χ3v) is 14.0. The predicted octanol–water partition coefficient (Wildman–Crippen LogP) is 5.17. The molecule has 1 amide bonds. The molecule has 0 radical (unpaired) electrons. The summed E-state index contributed by atoms with van der Waals surface area (Å²) in [6, 6.07) is 8.61. The van der Waals surface area contributed by atoms with E-state index in [1.807, 2.05) is 12.4 Å². The molecule has 7 heteroatoms. The van der Waals surface area contributed by atoms with Crippen molar-refractivity contribution in [2.45, 2.75) is 88.9 Å². The molecule has 0 aliphatic heterocycles. The van der Waals surface area contributed by atoms with E-state index in [1.54, 1.807) is 24.5 Å². The van der Waals surface area contributed by atoms with Gasteiger partial charge in [0.1, 0.15) is 12.2 Å². The first-order valence-corrected chi connectivity index (χ1v) is 19.1. The maximum Gasteiger partial charge on any atom is 0.222 e. The fourth-order valence-electron chi connectivity index (χ4n) is 10.5. The van der Waals surface area contributed by atoms with E-state index in [-0.39, 0.29) is 22.2 Å². The minimum absolute atomic E-state index is 0.0351. The topological polar surface area (TPSA) is 90.7 Å². The van der Waals surface area contributed by atoms with Gasteiger partial charge in [0.15, 0.2) is 0 Å². The first kappa shape index (κ1) is 29.4. The average Bonchev–Trinajstić information content (AvgIpc) is 3.49. The minimum Gasteiger partial charge on any atom is -0.388 e. The van der Waals surface area contributed by atoms with Gasteiger partial charge in [-0.05, 0) is 126 Å². The van der Waals surface area contributed by atoms with Gasteiger partial charge >= 0.3 is 0 Å². The Kier molecular flexibility index (Phi) is 6.88. The van der Waals surface area contributed by atoms with E-state index >= 15 is 0 Å². The number of aliphatic hydroxyl groups excluding tert-OH is 2. The second-order valence-electron chi connectivity index (χ2n) is 15.4. The molecule has 0 unspecified atom stereocenters. The Bertz CT molecular complexity index is 1580. The summed E-state index contributed by atoms with van der Waals surface area (Å²) in [5.41, 5.74) is 3.86. The Morgan fingerprint density at radius 1 is 1.14 bits per heavy atom. The van der Waals surface area contributed by atoms with Gasteiger partial charge in [-0.1, -0.05) is 31.2 Å². The van der Waals surface area contributed by atoms with Gasteiger partial charge in [0.05, 0.1) is 6.04 Å². The second-order valence-corrected chi connectivity index (χ2v) is 19.0. The Balaban J connectivity index is 1.17. The van der Waals surface area contributed by atoms with Gasteiger partial charge in [0, 0.05) is 37.0 Å². The molecule has 8 atom stereocenters. The molecule has 3 saturated carbocycles. The van der Waals surface area contributed by atoms with Crippen molar-refractivity contribution >= 4 is 26.6 Å². The second kappa shape index (κ2) is 10.1. The Morgan fingerprint density at radius 3 is 2.74 bits per heavy atom. The van der Waals surface area contributed by atoms with Gasteiger partial charge in [0.25, 0.3) is 0 Å². The summed E-state index contributed by atoms with van der Waals surface area (Å²) < 4.78 is 12.2. The number of fused-ring (bicyclic) bond motifs is 2. The number of benzene rings is 1. The van der Waals surface area contributed by atoms with Gasteiger partial charge in [-0.2, -0.15) is 0 Å². The van der Waals surface area contributed by atoms with Crippen LogP contribution in [0.1, 0.15) is 76.2 Å². The number of carbonyl (C=O) groups excluding carboxylic acids is 1. The fraction of sp³-hybridized carbons (Fsp3) is 0.611. The van der Waals surface area contributed by atoms with Crippen molar-refractivity contribution in [1.82, 2.24) is 9.88 Å². The van der Waals surface area contributed by atoms with E-state index in [0.717, 1.165) is 31.3 Å². The van der Waals surface area contributed by atoms with Crippen LogP contribution in [-0.2, 0) is 14.7 Å². The van der Waals surface area contributed by atoms with Crippen LogP contribution in [0.25, 0.3) is 10.8 Å². The molecule has 232 valence electrons. The number of likely N-dealkylation sites (N-methyl/N-ethyl adjacent to an activating group) is 1. The zero-order chi connectivity index (χ0) is 30.4. The van der Waals surface area contributed by atoms with E-state index in [2.05, 4.69) is 48.3 Å². The van der Waals surface area contributed by atoms with Gasteiger partial charge in [-0.3, -0.25) is 14.0 Å². The van der Waals surface area contributed by atoms with Crippen LogP contribution in [0, 0.1) is 22.2 Å². The molecule has 43 heavy (non-hydrogen) atoms. The highest BCUT2D eigenvalue weighted by Crippen LogP contribution is 2.75. The Hall–Kier alpha value is -2.35. The Morgan fingerprint density at radius 2 is 1.95 bits per heavy atom. The first-order chi connectivity index (χ1) is 20.4. The quantitative estimate of drug-likeness (QED) is 0.396. The zero-order valence-corrected chi connectivity index (χ0v) is 27.0. The highest BCUT2D eigenvalue weighted by molar-refractivity contribution is 8.01. The number of amides is 1. The standard InChI is InChI=1S/C36H48N2O4S/c1-34-13-11-26-19-28-32(40)33(41)29(38(2)31(39)6-5-17-43(3,4)42)20-35(28)14-15-36(26,22-35)30(34)10-9-27(34)24-8-7-23-12-16-37-21-25(23)18-24/h7-8,11-12,16,18-19,21,27,29-30,32-33,40-41,43H,5-6,9-10,13-15,17,20,22H2,1-4H3/t27-,29+,30-,32-,33-,34-,35+,36-/m1/s1. The van der Waals surface area contributed by atoms with Gasteiger partial charge < -0.3 is 15.1 Å². The molecule has 0 saturated heterocycles. The van der Waals surface area contributed by atoms with Crippen molar-refractivity contribution in [2.75, 3.05) is 25.3 Å². The highest BCUT2D eigenvalue weighted by Gasteiger charge is 2.67. The van der Waals surface area contributed by atoms with Crippen molar-refractivity contribution in [3.8, 4) is 0 Å². The van der Waals surface area contributed by atoms with Crippen LogP contribution >= 0.6 is 0 Å². The number of aliphatic hydroxyl groups is 2. The van der Waals surface area contributed by atoms with Crippen LogP contribution in [-0.4, -0.2) is 73.8 Å². The monoisotopic (exact) mass is 604 g/mol. The summed E-state index contributed by atoms with van der Waals surface area (Å²) in [5.74, 6) is 1.57. The van der Waals surface area contributed by atoms with Gasteiger partial charge in [-0.15, -0.1) is 9.93 Å². The summed E-state index contributed by atoms with van der Waals surface area (Å²) in [4.78, 5) is 19.3. The Labute approximate surface area is 257 Å². The van der Waals surface area contributed by atoms with Crippen molar-refractivity contribution in [1.29, 1.82) is 0 Å². The lowest BCUT2D eigenvalue weighted by Gasteiger charge is -2.56. The molecule has 1 aromatic heterocycles. The van der Waals surface area contributed by atoms with E-state index in [1.165, 1.54) is 34.8 Å². The summed E-state index contributed by atoms with van der Waals surface area (Å²) >= 11 is 0. The number of hydrogen-bond acceptors (Lipinski definition) is 5. The van der Waals surface area contributed by atoms with Crippen molar-refractivity contribution in [2.24, 2.45) is 22.2 Å². The number of rotatable bonds is 6. The van der Waals surface area contributed by atoms with E-state index in [4.69, 9.17) is 0 Å². The molecule has 7 rings (SSSR count). The number of pyridine rings is 1. The van der Waals surface area contributed by atoms with Crippen molar-refractivity contribution in [3.05, 3.63) is 65.5 Å². The molecule has 5 aliphatic carbocycles. The van der Waals surface area contributed by atoms with Crippen molar-refractivity contribution < 1.29 is 19.2 Å². The minimum atomic E-state index is -2.18. The third-order valence-electron chi connectivity index (χ3n) is 12.6. The molecule has 5 aliphatic rings. The summed E-state index contributed by atoms with van der Waals surface area (Å²) in [6.07, 6.45) is 18.3. The van der Waals surface area contributed by atoms with E-state index in [0.29, 0.717) is 36.9 Å². The normalized spacial score (nSPS) is 38.5. The lowest BCUT2D eigenvalue weighted by atomic mass is 9.49. The van der Waals surface area contributed by atoms with Gasteiger partial charge in [-0.25, -0.2) is 0 Å². The molecule has 6 nitrogen and oxygen atoms in total. The van der Waals surface area contributed by atoms with Crippen LogP contribution in [0.15, 0.2) is 60.0 Å². The van der Waals surface area contributed by atoms with Crippen LogP contribution in [0.5, 0.6) is 0 Å². The molecule has 3 fully saturated rings. The van der Waals surface area contributed by atoms with Crippen molar-refractivity contribution in [3.63, 3.8) is 0 Å². The van der Waals surface area contributed by atoms with Crippen LogP contribution in [0.3, 0.4) is 0 Å². The summed E-state index contributed by atoms with van der Waals surface area (Å²) in [5, 5.41) is 25.3. The number of carbonyl (C=O) groups is 1.